The fourth-order valence-corrected chi connectivity index (χ4v) is 2.68. The van der Waals surface area contributed by atoms with E-state index in [4.69, 9.17) is 5.73 Å². The Morgan fingerprint density at radius 2 is 1.88 bits per heavy atom. The zero-order chi connectivity index (χ0) is 12.5. The third kappa shape index (κ3) is 3.38. The molecule has 0 aliphatic heterocycles. The van der Waals surface area contributed by atoms with Crippen LogP contribution in [0.3, 0.4) is 0 Å². The standard InChI is InChI=1S/C14H18N2S/c1-10-4-6-11(7-5-10)12-9-17-13(16-12)8-14(2,3)15/h4-7,9H,8,15H2,1-3H3. The molecule has 0 unspecified atom stereocenters. The van der Waals surface area contributed by atoms with Gasteiger partial charge in [0, 0.05) is 22.9 Å². The van der Waals surface area contributed by atoms with Crippen molar-refractivity contribution in [1.82, 2.24) is 4.98 Å². The summed E-state index contributed by atoms with van der Waals surface area (Å²) < 4.78 is 0. The molecule has 2 aromatic rings. The Balaban J connectivity index is 2.21. The van der Waals surface area contributed by atoms with Crippen molar-refractivity contribution in [3.63, 3.8) is 0 Å². The molecule has 0 amide bonds. The summed E-state index contributed by atoms with van der Waals surface area (Å²) in [6, 6.07) is 8.45. The van der Waals surface area contributed by atoms with E-state index < -0.39 is 0 Å². The van der Waals surface area contributed by atoms with E-state index in [-0.39, 0.29) is 5.54 Å². The first-order valence-electron chi connectivity index (χ1n) is 5.74. The topological polar surface area (TPSA) is 38.9 Å². The predicted molar refractivity (Wildman–Crippen MR) is 74.3 cm³/mol. The molecule has 3 heteroatoms. The maximum absolute atomic E-state index is 6.00. The average Bonchev–Trinajstić information content (AvgIpc) is 2.64. The number of hydrogen-bond acceptors (Lipinski definition) is 3. The van der Waals surface area contributed by atoms with Crippen LogP contribution in [0.1, 0.15) is 24.4 Å². The molecule has 0 fully saturated rings. The lowest BCUT2D eigenvalue weighted by Crippen LogP contribution is -2.34. The number of nitrogens with zero attached hydrogens (tertiary/aromatic N) is 1. The van der Waals surface area contributed by atoms with Crippen LogP contribution in [0, 0.1) is 6.92 Å². The molecule has 2 nitrogen and oxygen atoms in total. The molecule has 2 N–H and O–H groups in total. The fourth-order valence-electron chi connectivity index (χ4n) is 1.64. The van der Waals surface area contributed by atoms with E-state index >= 15 is 0 Å². The van der Waals surface area contributed by atoms with Gasteiger partial charge in [0.15, 0.2) is 0 Å². The molecule has 0 aliphatic carbocycles. The summed E-state index contributed by atoms with van der Waals surface area (Å²) in [5.74, 6) is 0. The highest BCUT2D eigenvalue weighted by molar-refractivity contribution is 7.09. The maximum Gasteiger partial charge on any atom is 0.0950 e. The minimum absolute atomic E-state index is 0.192. The second-order valence-corrected chi connectivity index (χ2v) is 6.10. The number of rotatable bonds is 3. The predicted octanol–water partition coefficient (Wildman–Crippen LogP) is 3.40. The minimum Gasteiger partial charge on any atom is -0.325 e. The first-order chi connectivity index (χ1) is 7.94. The summed E-state index contributed by atoms with van der Waals surface area (Å²) in [4.78, 5) is 4.63. The Morgan fingerprint density at radius 1 is 1.24 bits per heavy atom. The molecule has 0 saturated carbocycles. The van der Waals surface area contributed by atoms with Gasteiger partial charge in [0.05, 0.1) is 10.7 Å². The van der Waals surface area contributed by atoms with Crippen LogP contribution in [0.5, 0.6) is 0 Å². The van der Waals surface area contributed by atoms with Crippen molar-refractivity contribution < 1.29 is 0 Å². The third-order valence-corrected chi connectivity index (χ3v) is 3.35. The molecule has 90 valence electrons. The van der Waals surface area contributed by atoms with E-state index in [0.29, 0.717) is 0 Å². The number of nitrogens with two attached hydrogens (primary N) is 1. The van der Waals surface area contributed by atoms with Crippen molar-refractivity contribution in [2.24, 2.45) is 5.73 Å². The molecule has 1 aromatic carbocycles. The highest BCUT2D eigenvalue weighted by Gasteiger charge is 2.14. The van der Waals surface area contributed by atoms with Crippen LogP contribution in [0.2, 0.25) is 0 Å². The van der Waals surface area contributed by atoms with Crippen molar-refractivity contribution in [2.45, 2.75) is 32.7 Å². The van der Waals surface area contributed by atoms with Gasteiger partial charge in [0.2, 0.25) is 0 Å². The zero-order valence-electron chi connectivity index (χ0n) is 10.5. The molecule has 1 aromatic heterocycles. The van der Waals surface area contributed by atoms with E-state index in [1.54, 1.807) is 11.3 Å². The molecule has 0 radical (unpaired) electrons. The van der Waals surface area contributed by atoms with Crippen molar-refractivity contribution in [3.8, 4) is 11.3 Å². The van der Waals surface area contributed by atoms with E-state index in [2.05, 4.69) is 41.6 Å². The van der Waals surface area contributed by atoms with E-state index in [9.17, 15) is 0 Å². The molecule has 1 heterocycles. The quantitative estimate of drug-likeness (QED) is 0.901. The lowest BCUT2D eigenvalue weighted by molar-refractivity contribution is 0.515. The van der Waals surface area contributed by atoms with Gasteiger partial charge in [-0.15, -0.1) is 11.3 Å². The van der Waals surface area contributed by atoms with Gasteiger partial charge in [-0.2, -0.15) is 0 Å². The van der Waals surface area contributed by atoms with Crippen LogP contribution in [-0.2, 0) is 6.42 Å². The smallest absolute Gasteiger partial charge is 0.0950 e. The molecular formula is C14H18N2S. The third-order valence-electron chi connectivity index (χ3n) is 2.51. The SMILES string of the molecule is Cc1ccc(-c2csc(CC(C)(C)N)n2)cc1. The van der Waals surface area contributed by atoms with Gasteiger partial charge < -0.3 is 5.73 Å². The Hall–Kier alpha value is -1.19. The fraction of sp³-hybridized carbons (Fsp3) is 0.357. The van der Waals surface area contributed by atoms with Gasteiger partial charge >= 0.3 is 0 Å². The van der Waals surface area contributed by atoms with Gasteiger partial charge in [-0.3, -0.25) is 0 Å². The average molecular weight is 246 g/mol. The minimum atomic E-state index is -0.192. The molecule has 0 aliphatic rings. The Kier molecular flexibility index (Phi) is 3.31. The lowest BCUT2D eigenvalue weighted by Gasteiger charge is -2.15. The maximum atomic E-state index is 6.00. The number of thiazole rings is 1. The number of aryl methyl sites for hydroxylation is 1. The Morgan fingerprint density at radius 3 is 2.47 bits per heavy atom. The summed E-state index contributed by atoms with van der Waals surface area (Å²) in [6.07, 6.45) is 0.823. The molecule has 0 saturated heterocycles. The zero-order valence-corrected chi connectivity index (χ0v) is 11.3. The largest absolute Gasteiger partial charge is 0.325 e. The van der Waals surface area contributed by atoms with Crippen LogP contribution < -0.4 is 5.73 Å². The van der Waals surface area contributed by atoms with Crippen molar-refractivity contribution in [1.29, 1.82) is 0 Å². The Labute approximate surface area is 107 Å². The summed E-state index contributed by atoms with van der Waals surface area (Å²) in [5.41, 5.74) is 9.30. The first kappa shape index (κ1) is 12.3. The molecule has 2 rings (SSSR count). The first-order valence-corrected chi connectivity index (χ1v) is 6.62. The van der Waals surface area contributed by atoms with Crippen molar-refractivity contribution in [3.05, 3.63) is 40.2 Å². The molecular weight excluding hydrogens is 228 g/mol. The van der Waals surface area contributed by atoms with Crippen molar-refractivity contribution >= 4 is 11.3 Å². The molecule has 0 bridgehead atoms. The second kappa shape index (κ2) is 4.59. The second-order valence-electron chi connectivity index (χ2n) is 5.16. The van der Waals surface area contributed by atoms with Crippen LogP contribution >= 0.6 is 11.3 Å². The van der Waals surface area contributed by atoms with Crippen LogP contribution in [0.4, 0.5) is 0 Å². The van der Waals surface area contributed by atoms with Crippen LogP contribution in [-0.4, -0.2) is 10.5 Å². The van der Waals surface area contributed by atoms with E-state index in [1.807, 2.05) is 13.8 Å². The van der Waals surface area contributed by atoms with Crippen LogP contribution in [0.15, 0.2) is 29.6 Å². The summed E-state index contributed by atoms with van der Waals surface area (Å²) >= 11 is 1.68. The monoisotopic (exact) mass is 246 g/mol. The molecule has 17 heavy (non-hydrogen) atoms. The van der Waals surface area contributed by atoms with Gasteiger partial charge in [0.1, 0.15) is 0 Å². The lowest BCUT2D eigenvalue weighted by atomic mass is 10.0. The normalized spacial score (nSPS) is 11.8. The van der Waals surface area contributed by atoms with E-state index in [0.717, 1.165) is 17.1 Å². The number of benzene rings is 1. The van der Waals surface area contributed by atoms with Crippen molar-refractivity contribution in [2.75, 3.05) is 0 Å². The van der Waals surface area contributed by atoms with Gasteiger partial charge in [0.25, 0.3) is 0 Å². The number of aromatic nitrogens is 1. The van der Waals surface area contributed by atoms with E-state index in [1.165, 1.54) is 11.1 Å². The highest BCUT2D eigenvalue weighted by Crippen LogP contribution is 2.24. The Bertz CT molecular complexity index is 492. The number of hydrogen-bond donors (Lipinski definition) is 1. The highest BCUT2D eigenvalue weighted by atomic mass is 32.1. The molecule has 0 atom stereocenters. The van der Waals surface area contributed by atoms with Crippen LogP contribution in [0.25, 0.3) is 11.3 Å². The van der Waals surface area contributed by atoms with Gasteiger partial charge in [-0.25, -0.2) is 4.98 Å². The summed E-state index contributed by atoms with van der Waals surface area (Å²) in [6.45, 7) is 6.15. The van der Waals surface area contributed by atoms with Gasteiger partial charge in [-0.05, 0) is 20.8 Å². The summed E-state index contributed by atoms with van der Waals surface area (Å²) in [7, 11) is 0. The van der Waals surface area contributed by atoms with Gasteiger partial charge in [-0.1, -0.05) is 29.8 Å². The molecule has 0 spiro atoms. The summed E-state index contributed by atoms with van der Waals surface area (Å²) in [5, 5.41) is 3.21.